The van der Waals surface area contributed by atoms with E-state index >= 15 is 0 Å². The lowest BCUT2D eigenvalue weighted by molar-refractivity contribution is 0.104. The maximum atomic E-state index is 13.1. The number of H-pyrrole nitrogens is 1. The zero-order valence-electron chi connectivity index (χ0n) is 14.1. The molecule has 1 aromatic carbocycles. The van der Waals surface area contributed by atoms with Gasteiger partial charge in [0.05, 0.1) is 4.90 Å². The van der Waals surface area contributed by atoms with E-state index in [0.717, 1.165) is 34.3 Å². The van der Waals surface area contributed by atoms with Crippen LogP contribution in [0.15, 0.2) is 53.8 Å². The van der Waals surface area contributed by atoms with Crippen LogP contribution in [-0.4, -0.2) is 38.5 Å². The Hall–Kier alpha value is -3.27. The van der Waals surface area contributed by atoms with Crippen LogP contribution in [0.4, 0.5) is 4.39 Å². The largest absolute Gasteiger partial charge is 0.504 e. The molecule has 3 rings (SSSR count). The molecule has 140 valence electrons. The molecule has 27 heavy (non-hydrogen) atoms. The summed E-state index contributed by atoms with van der Waals surface area (Å²) in [5, 5.41) is 16.0. The molecule has 0 spiro atoms. The summed E-state index contributed by atoms with van der Waals surface area (Å²) in [4.78, 5) is 16.1. The summed E-state index contributed by atoms with van der Waals surface area (Å²) in [5.74, 6) is -1.93. The van der Waals surface area contributed by atoms with Crippen LogP contribution in [0, 0.1) is 5.82 Å². The maximum absolute atomic E-state index is 13.1. The van der Waals surface area contributed by atoms with E-state index in [1.165, 1.54) is 18.6 Å². The van der Waals surface area contributed by atoms with Crippen LogP contribution in [0.25, 0.3) is 5.76 Å². The highest BCUT2D eigenvalue weighted by molar-refractivity contribution is 7.90. The van der Waals surface area contributed by atoms with Crippen LogP contribution in [0.2, 0.25) is 0 Å². The average molecular weight is 390 g/mol. The number of carbonyl (C=O) groups is 1. The van der Waals surface area contributed by atoms with E-state index in [1.807, 2.05) is 0 Å². The molecule has 0 amide bonds. The van der Waals surface area contributed by atoms with Crippen molar-refractivity contribution in [3.05, 3.63) is 71.8 Å². The van der Waals surface area contributed by atoms with Gasteiger partial charge in [-0.15, -0.1) is 0 Å². The smallest absolute Gasteiger partial charge is 0.268 e. The molecule has 2 aromatic heterocycles. The van der Waals surface area contributed by atoms with Gasteiger partial charge in [0.2, 0.25) is 11.6 Å². The van der Waals surface area contributed by atoms with Crippen molar-refractivity contribution >= 4 is 21.6 Å². The Morgan fingerprint density at radius 3 is 2.63 bits per heavy atom. The molecule has 0 radical (unpaired) electrons. The summed E-state index contributed by atoms with van der Waals surface area (Å²) >= 11 is 0. The predicted molar refractivity (Wildman–Crippen MR) is 94.1 cm³/mol. The number of hydrogen-bond acceptors (Lipinski definition) is 6. The lowest BCUT2D eigenvalue weighted by Gasteiger charge is -2.09. The van der Waals surface area contributed by atoms with Gasteiger partial charge >= 0.3 is 0 Å². The number of carbonyl (C=O) groups excluding carboxylic acids is 1. The number of ketones is 1. The van der Waals surface area contributed by atoms with Gasteiger partial charge in [0.15, 0.2) is 5.76 Å². The van der Waals surface area contributed by atoms with E-state index in [4.69, 9.17) is 0 Å². The Morgan fingerprint density at radius 2 is 2.04 bits per heavy atom. The molecule has 0 atom stereocenters. The third-order valence-corrected chi connectivity index (χ3v) is 5.47. The molecule has 2 heterocycles. The van der Waals surface area contributed by atoms with E-state index in [2.05, 4.69) is 15.2 Å². The van der Waals surface area contributed by atoms with Gasteiger partial charge < -0.3 is 5.11 Å². The Morgan fingerprint density at radius 1 is 1.33 bits per heavy atom. The molecule has 8 nitrogen and oxygen atoms in total. The molecule has 0 saturated carbocycles. The van der Waals surface area contributed by atoms with Crippen LogP contribution >= 0.6 is 0 Å². The maximum Gasteiger partial charge on any atom is 0.268 e. The van der Waals surface area contributed by atoms with Crippen molar-refractivity contribution in [3.63, 3.8) is 0 Å². The summed E-state index contributed by atoms with van der Waals surface area (Å²) in [5.41, 5.74) is 0.438. The van der Waals surface area contributed by atoms with Crippen molar-refractivity contribution < 1.29 is 22.7 Å². The van der Waals surface area contributed by atoms with Gasteiger partial charge in [-0.25, -0.2) is 21.8 Å². The first kappa shape index (κ1) is 18.5. The van der Waals surface area contributed by atoms with Gasteiger partial charge in [0.1, 0.15) is 17.8 Å². The first-order valence-corrected chi connectivity index (χ1v) is 9.30. The highest BCUT2D eigenvalue weighted by atomic mass is 32.2. The second-order valence-corrected chi connectivity index (χ2v) is 7.37. The third kappa shape index (κ3) is 3.65. The zero-order valence-corrected chi connectivity index (χ0v) is 14.9. The summed E-state index contributed by atoms with van der Waals surface area (Å²) in [6.45, 7) is 1.80. The minimum absolute atomic E-state index is 0.0986. The molecule has 0 fully saturated rings. The lowest BCUT2D eigenvalue weighted by Crippen LogP contribution is -2.17. The standard InChI is InChI=1S/C17H15FN4O4S/c1-2-11-7-14(15(23)8-16(24)17-19-10-20-21-17)22(9-11)27(25,26)13-5-3-12(18)4-6-13/h3-10,24H,2H2,1H3,(H,19,20,21). The monoisotopic (exact) mass is 390 g/mol. The molecule has 3 aromatic rings. The van der Waals surface area contributed by atoms with Gasteiger partial charge in [0.25, 0.3) is 10.0 Å². The second-order valence-electron chi connectivity index (χ2n) is 5.56. The highest BCUT2D eigenvalue weighted by Crippen LogP contribution is 2.21. The van der Waals surface area contributed by atoms with E-state index in [-0.39, 0.29) is 16.4 Å². The van der Waals surface area contributed by atoms with Gasteiger partial charge in [-0.3, -0.25) is 9.89 Å². The molecular weight excluding hydrogens is 375 g/mol. The first-order chi connectivity index (χ1) is 12.8. The van der Waals surface area contributed by atoms with Crippen molar-refractivity contribution in [2.24, 2.45) is 0 Å². The van der Waals surface area contributed by atoms with Gasteiger partial charge in [-0.1, -0.05) is 6.92 Å². The number of aryl methyl sites for hydroxylation is 1. The molecule has 0 unspecified atom stereocenters. The van der Waals surface area contributed by atoms with Crippen LogP contribution in [0.5, 0.6) is 0 Å². The predicted octanol–water partition coefficient (Wildman–Crippen LogP) is 2.33. The number of hydrogen-bond donors (Lipinski definition) is 2. The number of allylic oxidation sites excluding steroid dienone is 1. The SMILES string of the molecule is CCc1cc(C(=O)C=C(O)c2nc[nH]n2)n(S(=O)(=O)c2ccc(F)cc2)c1. The normalized spacial score (nSPS) is 12.3. The quantitative estimate of drug-likeness (QED) is 0.379. The zero-order chi connectivity index (χ0) is 19.6. The Balaban J connectivity index is 2.07. The number of benzene rings is 1. The number of aliphatic hydroxyl groups excluding tert-OH is 1. The first-order valence-electron chi connectivity index (χ1n) is 7.86. The fourth-order valence-corrected chi connectivity index (χ4v) is 3.77. The average Bonchev–Trinajstić information content (AvgIpc) is 3.32. The third-order valence-electron chi connectivity index (χ3n) is 3.79. The number of halogens is 1. The number of aromatic nitrogens is 4. The lowest BCUT2D eigenvalue weighted by atomic mass is 10.2. The highest BCUT2D eigenvalue weighted by Gasteiger charge is 2.24. The van der Waals surface area contributed by atoms with E-state index < -0.39 is 27.4 Å². The van der Waals surface area contributed by atoms with E-state index in [9.17, 15) is 22.7 Å². The number of nitrogens with one attached hydrogen (secondary N) is 1. The summed E-state index contributed by atoms with van der Waals surface area (Å²) in [6, 6.07) is 5.70. The molecule has 2 N–H and O–H groups in total. The van der Waals surface area contributed by atoms with Crippen LogP contribution in [-0.2, 0) is 16.4 Å². The number of rotatable bonds is 6. The molecular formula is C17H15FN4O4S. The molecule has 10 heteroatoms. The molecule has 0 aliphatic carbocycles. The van der Waals surface area contributed by atoms with Crippen molar-refractivity contribution in [2.45, 2.75) is 18.2 Å². The van der Waals surface area contributed by atoms with Crippen LogP contribution < -0.4 is 0 Å². The van der Waals surface area contributed by atoms with Crippen molar-refractivity contribution in [1.82, 2.24) is 19.2 Å². The minimum atomic E-state index is -4.13. The second kappa shape index (κ2) is 7.16. The summed E-state index contributed by atoms with van der Waals surface area (Å²) in [6.07, 6.45) is 3.88. The van der Waals surface area contributed by atoms with E-state index in [0.29, 0.717) is 12.0 Å². The molecule has 0 aliphatic rings. The fourth-order valence-electron chi connectivity index (χ4n) is 2.38. The molecule has 0 aliphatic heterocycles. The van der Waals surface area contributed by atoms with Crippen LogP contribution in [0.1, 0.15) is 28.8 Å². The Kier molecular flexibility index (Phi) is 4.91. The minimum Gasteiger partial charge on any atom is -0.504 e. The molecule has 0 bridgehead atoms. The summed E-state index contributed by atoms with van der Waals surface area (Å²) < 4.78 is 39.7. The van der Waals surface area contributed by atoms with Gasteiger partial charge in [0, 0.05) is 12.3 Å². The Bertz CT molecular complexity index is 1100. The topological polar surface area (TPSA) is 118 Å². The van der Waals surface area contributed by atoms with Crippen molar-refractivity contribution in [3.8, 4) is 0 Å². The summed E-state index contributed by atoms with van der Waals surface area (Å²) in [7, 11) is -4.13. The Labute approximate surface area is 154 Å². The number of aromatic amines is 1. The fraction of sp³-hybridized carbons (Fsp3) is 0.118. The van der Waals surface area contributed by atoms with E-state index in [1.54, 1.807) is 6.92 Å². The van der Waals surface area contributed by atoms with Crippen molar-refractivity contribution in [1.29, 1.82) is 0 Å². The number of aliphatic hydroxyl groups is 1. The number of nitrogens with zero attached hydrogens (tertiary/aromatic N) is 3. The van der Waals surface area contributed by atoms with Gasteiger partial charge in [-0.05, 0) is 42.3 Å². The van der Waals surface area contributed by atoms with Gasteiger partial charge in [-0.2, -0.15) is 5.10 Å². The molecule has 0 saturated heterocycles. The van der Waals surface area contributed by atoms with Crippen molar-refractivity contribution in [2.75, 3.05) is 0 Å². The van der Waals surface area contributed by atoms with Crippen LogP contribution in [0.3, 0.4) is 0 Å².